The molecular weight excluding hydrogens is 244 g/mol. The maximum atomic E-state index is 10.7. The van der Waals surface area contributed by atoms with Crippen LogP contribution in [0, 0.1) is 6.92 Å². The van der Waals surface area contributed by atoms with E-state index in [0.717, 1.165) is 6.42 Å². The van der Waals surface area contributed by atoms with Gasteiger partial charge in [0.1, 0.15) is 0 Å². The lowest BCUT2D eigenvalue weighted by Gasteiger charge is -2.31. The number of carboxylic acids is 1. The predicted octanol–water partition coefficient (Wildman–Crippen LogP) is 3.84. The highest BCUT2D eigenvalue weighted by Gasteiger charge is 2.27. The molecule has 2 atom stereocenters. The molecule has 18 heavy (non-hydrogen) atoms. The highest BCUT2D eigenvalue weighted by molar-refractivity contribution is 8.00. The highest BCUT2D eigenvalue weighted by atomic mass is 32.2. The second-order valence-corrected chi connectivity index (χ2v) is 6.27. The van der Waals surface area contributed by atoms with Crippen molar-refractivity contribution in [1.29, 1.82) is 0 Å². The Morgan fingerprint density at radius 2 is 1.94 bits per heavy atom. The Balaban J connectivity index is 2.07. The molecule has 0 aliphatic heterocycles. The van der Waals surface area contributed by atoms with Gasteiger partial charge in [0.15, 0.2) is 0 Å². The van der Waals surface area contributed by atoms with Gasteiger partial charge in [-0.2, -0.15) is 0 Å². The molecule has 0 heterocycles. The molecule has 1 aromatic carbocycles. The summed E-state index contributed by atoms with van der Waals surface area (Å²) >= 11 is 1.61. The third-order valence-electron chi connectivity index (χ3n) is 3.63. The Morgan fingerprint density at radius 3 is 2.61 bits per heavy atom. The highest BCUT2D eigenvalue weighted by Crippen LogP contribution is 2.39. The molecular formula is C15H20O2S. The fourth-order valence-corrected chi connectivity index (χ4v) is 3.89. The lowest BCUT2D eigenvalue weighted by molar-refractivity contribution is -0.133. The van der Waals surface area contributed by atoms with Crippen LogP contribution in [0.5, 0.6) is 0 Å². The zero-order valence-electron chi connectivity index (χ0n) is 10.8. The number of rotatable bonds is 4. The number of hydrogen-bond acceptors (Lipinski definition) is 2. The van der Waals surface area contributed by atoms with E-state index in [4.69, 9.17) is 5.11 Å². The fraction of sp³-hybridized carbons (Fsp3) is 0.533. The molecule has 1 N–H and O–H groups in total. The minimum atomic E-state index is -0.701. The monoisotopic (exact) mass is 264 g/mol. The number of hydrogen-bond donors (Lipinski definition) is 1. The first kappa shape index (κ1) is 13.5. The number of carboxylic acid groups (broad SMARTS) is 1. The average molecular weight is 264 g/mol. The Labute approximate surface area is 113 Å². The lowest BCUT2D eigenvalue weighted by atomic mass is 9.83. The molecule has 0 unspecified atom stereocenters. The van der Waals surface area contributed by atoms with Crippen LogP contribution in [0.25, 0.3) is 0 Å². The van der Waals surface area contributed by atoms with Crippen molar-refractivity contribution in [2.45, 2.75) is 43.8 Å². The molecule has 0 aromatic heterocycles. The Morgan fingerprint density at radius 1 is 1.28 bits per heavy atom. The van der Waals surface area contributed by atoms with Gasteiger partial charge in [0, 0.05) is 5.25 Å². The number of benzene rings is 1. The van der Waals surface area contributed by atoms with Crippen LogP contribution in [0.4, 0.5) is 0 Å². The van der Waals surface area contributed by atoms with Crippen LogP contribution in [-0.4, -0.2) is 22.1 Å². The van der Waals surface area contributed by atoms with Gasteiger partial charge in [-0.05, 0) is 31.2 Å². The molecule has 0 amide bonds. The zero-order valence-corrected chi connectivity index (χ0v) is 11.6. The Hall–Kier alpha value is -0.960. The van der Waals surface area contributed by atoms with Gasteiger partial charge < -0.3 is 5.11 Å². The lowest BCUT2D eigenvalue weighted by Crippen LogP contribution is -2.21. The van der Waals surface area contributed by atoms with Crippen molar-refractivity contribution in [2.24, 2.45) is 0 Å². The number of aryl methyl sites for hydroxylation is 1. The molecule has 1 aliphatic rings. The molecule has 98 valence electrons. The van der Waals surface area contributed by atoms with Crippen LogP contribution >= 0.6 is 11.8 Å². The van der Waals surface area contributed by atoms with Crippen LogP contribution < -0.4 is 0 Å². The van der Waals surface area contributed by atoms with Gasteiger partial charge >= 0.3 is 5.97 Å². The van der Waals surface area contributed by atoms with E-state index >= 15 is 0 Å². The standard InChI is InChI=1S/C15H20O2S/c1-11-6-8-12(9-7-11)13-4-2-3-5-14(13)18-10-15(16)17/h6-9,13-14H,2-5,10H2,1H3,(H,16,17)/t13-,14+/m1/s1. The second-order valence-electron chi connectivity index (χ2n) is 5.04. The van der Waals surface area contributed by atoms with Crippen molar-refractivity contribution < 1.29 is 9.90 Å². The van der Waals surface area contributed by atoms with E-state index < -0.39 is 5.97 Å². The maximum absolute atomic E-state index is 10.7. The molecule has 1 aliphatic carbocycles. The minimum Gasteiger partial charge on any atom is -0.481 e. The SMILES string of the molecule is Cc1ccc([C@H]2CCCC[C@@H]2SCC(=O)O)cc1. The van der Waals surface area contributed by atoms with Crippen molar-refractivity contribution in [3.05, 3.63) is 35.4 Å². The first-order valence-electron chi connectivity index (χ1n) is 6.57. The second kappa shape index (κ2) is 6.28. The summed E-state index contributed by atoms with van der Waals surface area (Å²) in [7, 11) is 0. The summed E-state index contributed by atoms with van der Waals surface area (Å²) in [5.41, 5.74) is 2.66. The largest absolute Gasteiger partial charge is 0.481 e. The molecule has 0 radical (unpaired) electrons. The van der Waals surface area contributed by atoms with E-state index in [2.05, 4.69) is 31.2 Å². The third-order valence-corrected chi connectivity index (χ3v) is 5.03. The molecule has 1 saturated carbocycles. The number of thioether (sulfide) groups is 1. The number of aliphatic carboxylic acids is 1. The van der Waals surface area contributed by atoms with Crippen LogP contribution in [0.15, 0.2) is 24.3 Å². The van der Waals surface area contributed by atoms with E-state index in [1.54, 1.807) is 11.8 Å². The van der Waals surface area contributed by atoms with Gasteiger partial charge in [0.05, 0.1) is 5.75 Å². The molecule has 0 spiro atoms. The molecule has 1 aromatic rings. The summed E-state index contributed by atoms with van der Waals surface area (Å²) in [6, 6.07) is 8.73. The minimum absolute atomic E-state index is 0.229. The summed E-state index contributed by atoms with van der Waals surface area (Å²) < 4.78 is 0. The van der Waals surface area contributed by atoms with Gasteiger partial charge in [0.2, 0.25) is 0 Å². The van der Waals surface area contributed by atoms with Crippen molar-refractivity contribution in [3.63, 3.8) is 0 Å². The third kappa shape index (κ3) is 3.52. The average Bonchev–Trinajstić information content (AvgIpc) is 2.38. The predicted molar refractivity (Wildman–Crippen MR) is 76.3 cm³/mol. The molecule has 3 heteroatoms. The number of carbonyl (C=O) groups is 1. The Bertz CT molecular complexity index is 399. The van der Waals surface area contributed by atoms with Gasteiger partial charge in [0.25, 0.3) is 0 Å². The summed E-state index contributed by atoms with van der Waals surface area (Å²) in [5, 5.41) is 9.29. The van der Waals surface area contributed by atoms with Crippen molar-refractivity contribution in [2.75, 3.05) is 5.75 Å². The summed E-state index contributed by atoms with van der Waals surface area (Å²) in [5.74, 6) is 0.0597. The molecule has 1 fully saturated rings. The Kier molecular flexibility index (Phi) is 4.70. The normalized spacial score (nSPS) is 23.8. The van der Waals surface area contributed by atoms with Gasteiger partial charge in [-0.15, -0.1) is 11.8 Å². The summed E-state index contributed by atoms with van der Waals surface area (Å²) in [4.78, 5) is 10.7. The van der Waals surface area contributed by atoms with Crippen LogP contribution in [0.2, 0.25) is 0 Å². The van der Waals surface area contributed by atoms with Gasteiger partial charge in [-0.25, -0.2) is 0 Å². The molecule has 2 nitrogen and oxygen atoms in total. The maximum Gasteiger partial charge on any atom is 0.313 e. The van der Waals surface area contributed by atoms with Crippen molar-refractivity contribution in [1.82, 2.24) is 0 Å². The summed E-state index contributed by atoms with van der Waals surface area (Å²) in [6.07, 6.45) is 4.85. The first-order chi connectivity index (χ1) is 8.66. The fourth-order valence-electron chi connectivity index (χ4n) is 2.67. The molecule has 0 saturated heterocycles. The first-order valence-corrected chi connectivity index (χ1v) is 7.61. The van der Waals surface area contributed by atoms with E-state index in [0.29, 0.717) is 11.2 Å². The summed E-state index contributed by atoms with van der Waals surface area (Å²) in [6.45, 7) is 2.10. The molecule has 0 bridgehead atoms. The molecule has 2 rings (SSSR count). The quantitative estimate of drug-likeness (QED) is 0.897. The van der Waals surface area contributed by atoms with Crippen molar-refractivity contribution in [3.8, 4) is 0 Å². The topological polar surface area (TPSA) is 37.3 Å². The van der Waals surface area contributed by atoms with E-state index in [1.165, 1.54) is 30.4 Å². The zero-order chi connectivity index (χ0) is 13.0. The van der Waals surface area contributed by atoms with E-state index in [1.807, 2.05) is 0 Å². The van der Waals surface area contributed by atoms with Crippen LogP contribution in [-0.2, 0) is 4.79 Å². The van der Waals surface area contributed by atoms with E-state index in [-0.39, 0.29) is 5.75 Å². The van der Waals surface area contributed by atoms with E-state index in [9.17, 15) is 4.79 Å². The van der Waals surface area contributed by atoms with Crippen molar-refractivity contribution >= 4 is 17.7 Å². The van der Waals surface area contributed by atoms with Crippen LogP contribution in [0.3, 0.4) is 0 Å². The van der Waals surface area contributed by atoms with Gasteiger partial charge in [-0.3, -0.25) is 4.79 Å². The van der Waals surface area contributed by atoms with Crippen LogP contribution in [0.1, 0.15) is 42.7 Å². The van der Waals surface area contributed by atoms with Gasteiger partial charge in [-0.1, -0.05) is 42.7 Å². The smallest absolute Gasteiger partial charge is 0.313 e.